The number of rotatable bonds is 27. The molecule has 0 saturated carbocycles. The number of nitrogens with zero attached hydrogens (tertiary/aromatic N) is 2. The molecule has 0 radical (unpaired) electrons. The van der Waals surface area contributed by atoms with E-state index in [1.807, 2.05) is 63.5 Å². The summed E-state index contributed by atoms with van der Waals surface area (Å²) < 4.78 is 38.8. The molecule has 2 aromatic carbocycles. The van der Waals surface area contributed by atoms with E-state index in [2.05, 4.69) is 411 Å². The predicted octanol–water partition coefficient (Wildman–Crippen LogP) is 23.3. The van der Waals surface area contributed by atoms with Gasteiger partial charge in [-0.2, -0.15) is 0 Å². The summed E-state index contributed by atoms with van der Waals surface area (Å²) in [5.41, 5.74) is 8.00. The molecule has 2 heterocycles. The highest BCUT2D eigenvalue weighted by Gasteiger charge is 2.20. The molecular formula is C108H177N7O7. The first kappa shape index (κ1) is 119. The van der Waals surface area contributed by atoms with Crippen LogP contribution < -0.4 is 36.1 Å². The SMILES string of the molecule is CC(C)(C)COCC#CC#CCNC(C)(C)C.CC(C)(C)NCC#CC#CCOC(C)(C)C.CC(C)(C)NCCCOc1ccc(C(C)(C)C)nc1.CC(C)C.CC(NC(C)(C)C)c1ccc(C#CC#CCOCC(C)(C)C)cc1.CC(NC(C)(C)C)c1ccc(C#CCOCCCOCC(C)(C)C)cc1.CCCCCOc1ccc(C(C)(C)C)nc1. The van der Waals surface area contributed by atoms with E-state index in [1.54, 1.807) is 0 Å². The van der Waals surface area contributed by atoms with Gasteiger partial charge in [0.2, 0.25) is 0 Å². The second-order valence-corrected chi connectivity index (χ2v) is 43.2. The molecule has 0 saturated heterocycles. The third-order valence-electron chi connectivity index (χ3n) is 15.2. The molecule has 4 rings (SSSR count). The van der Waals surface area contributed by atoms with Gasteiger partial charge in [-0.3, -0.25) is 9.97 Å². The molecule has 0 amide bonds. The van der Waals surface area contributed by atoms with E-state index in [1.165, 1.54) is 24.0 Å². The van der Waals surface area contributed by atoms with Gasteiger partial charge in [-0.1, -0.05) is 216 Å². The van der Waals surface area contributed by atoms with Crippen LogP contribution >= 0.6 is 0 Å². The number of benzene rings is 2. The lowest BCUT2D eigenvalue weighted by atomic mass is 9.92. The first-order valence-electron chi connectivity index (χ1n) is 44.5. The van der Waals surface area contributed by atoms with Crippen molar-refractivity contribution in [1.82, 2.24) is 36.6 Å². The van der Waals surface area contributed by atoms with Gasteiger partial charge in [0, 0.05) is 79.7 Å². The van der Waals surface area contributed by atoms with Gasteiger partial charge in [0.25, 0.3) is 0 Å². The standard InChI is InChI=1S/C23H37NO2.C22H31NO.C16H28N2O.C15H25NO.2C14H23NO.C4H10/c1-19(24-23(5,6)7)21-13-11-20(12-14-21)10-8-15-25-16-9-17-26-18-22(2,3)4;1-18(23-22(5,6)7)20-14-12-19(13-15-20)11-9-8-10-16-24-17-21(2,3)4;1-15(2,3)14-9-8-13(12-17-14)19-11-7-10-18-16(4,5)6;1-14(2,3)13-17-12-10-8-7-9-11-16-15(4,5)6;1-5-6-7-10-16-12-8-9-13(15-11-12)14(2,3)4;1-13(2,3)15-11-9-7-8-10-12-16-14(4,5)6;1-4(2)3/h11-14,19,24H,9,15-18H2,1-7H3;12-15,18,23H,16-17H2,1-7H3;8-9,12,18H,7,10-11H2,1-6H3;16H,11-13H2,1-6H3;8-9,11H,5-7,10H2,1-4H3;15H,11-12H2,1-6H3;4H,1-3H3. The van der Waals surface area contributed by atoms with Crippen molar-refractivity contribution in [1.29, 1.82) is 0 Å². The minimum absolute atomic E-state index is 0.0924. The van der Waals surface area contributed by atoms with Gasteiger partial charge in [-0.25, -0.2) is 0 Å². The van der Waals surface area contributed by atoms with Gasteiger partial charge < -0.3 is 59.7 Å². The minimum Gasteiger partial charge on any atom is -0.492 e. The minimum atomic E-state index is -0.129. The first-order valence-corrected chi connectivity index (χ1v) is 44.5. The van der Waals surface area contributed by atoms with Gasteiger partial charge in [-0.05, 0) is 282 Å². The molecule has 14 nitrogen and oxygen atoms in total. The van der Waals surface area contributed by atoms with Gasteiger partial charge in [0.1, 0.15) is 37.9 Å². The third-order valence-corrected chi connectivity index (χ3v) is 15.2. The number of unbranched alkanes of at least 4 members (excludes halogenated alkanes) is 2. The average molecular weight is 1690 g/mol. The lowest BCUT2D eigenvalue weighted by Crippen LogP contribution is -2.37. The summed E-state index contributed by atoms with van der Waals surface area (Å²) in [6, 6.07) is 25.5. The lowest BCUT2D eigenvalue weighted by molar-refractivity contribution is 0.0181. The van der Waals surface area contributed by atoms with Crippen molar-refractivity contribution >= 4 is 0 Å². The molecule has 0 bridgehead atoms. The molecule has 0 fully saturated rings. The molecule has 14 heteroatoms. The van der Waals surface area contributed by atoms with Gasteiger partial charge in [0.15, 0.2) is 0 Å². The molecule has 0 aliphatic rings. The molecule has 2 unspecified atom stereocenters. The lowest BCUT2D eigenvalue weighted by Gasteiger charge is -2.26. The molecule has 2 atom stereocenters. The van der Waals surface area contributed by atoms with Crippen LogP contribution in [0.4, 0.5) is 0 Å². The summed E-state index contributed by atoms with van der Waals surface area (Å²) in [7, 11) is 0. The Labute approximate surface area is 751 Å². The highest BCUT2D eigenvalue weighted by atomic mass is 16.5. The Kier molecular flexibility index (Phi) is 60.5. The summed E-state index contributed by atoms with van der Waals surface area (Å²) >= 11 is 0. The highest BCUT2D eigenvalue weighted by molar-refractivity contribution is 5.42. The quantitative estimate of drug-likeness (QED) is 0.0285. The predicted molar refractivity (Wildman–Crippen MR) is 525 cm³/mol. The Morgan fingerprint density at radius 2 is 0.689 bits per heavy atom. The molecular weight excluding hydrogens is 1510 g/mol. The summed E-state index contributed by atoms with van der Waals surface area (Å²) in [5, 5.41) is 17.1. The van der Waals surface area contributed by atoms with E-state index < -0.39 is 0 Å². The average Bonchev–Trinajstić information content (AvgIpc) is 0.867. The normalized spacial score (nSPS) is 12.1. The fourth-order valence-corrected chi connectivity index (χ4v) is 9.37. The van der Waals surface area contributed by atoms with Crippen LogP contribution in [0.3, 0.4) is 0 Å². The van der Waals surface area contributed by atoms with E-state index in [4.69, 9.17) is 33.2 Å². The molecule has 686 valence electrons. The fraction of sp³-hybridized carbons (Fsp3) is 0.667. The first-order chi connectivity index (χ1) is 56.0. The molecule has 122 heavy (non-hydrogen) atoms. The van der Waals surface area contributed by atoms with E-state index in [0.29, 0.717) is 64.8 Å². The molecule has 0 aliphatic heterocycles. The summed E-state index contributed by atoms with van der Waals surface area (Å²) in [4.78, 5) is 8.87. The second kappa shape index (κ2) is 62.1. The number of hydrogen-bond acceptors (Lipinski definition) is 14. The monoisotopic (exact) mass is 1680 g/mol. The van der Waals surface area contributed by atoms with Crippen LogP contribution in [-0.4, -0.2) is 136 Å². The maximum atomic E-state index is 5.69. The Balaban J connectivity index is -0.00000139. The van der Waals surface area contributed by atoms with Crippen molar-refractivity contribution < 1.29 is 33.2 Å². The fourth-order valence-electron chi connectivity index (χ4n) is 9.37. The summed E-state index contributed by atoms with van der Waals surface area (Å²) in [6.07, 6.45) is 9.13. The van der Waals surface area contributed by atoms with Gasteiger partial charge >= 0.3 is 0 Å². The zero-order chi connectivity index (χ0) is 94.0. The highest BCUT2D eigenvalue weighted by Crippen LogP contribution is 2.25. The summed E-state index contributed by atoms with van der Waals surface area (Å²) in [5.74, 6) is 43.3. The number of pyridine rings is 2. The van der Waals surface area contributed by atoms with E-state index in [-0.39, 0.29) is 60.4 Å². The van der Waals surface area contributed by atoms with Crippen LogP contribution in [0.1, 0.15) is 348 Å². The molecule has 0 spiro atoms. The van der Waals surface area contributed by atoms with E-state index >= 15 is 0 Å². The maximum absolute atomic E-state index is 5.69. The molecule has 5 N–H and O–H groups in total. The van der Waals surface area contributed by atoms with Crippen LogP contribution in [0.15, 0.2) is 85.2 Å². The van der Waals surface area contributed by atoms with Crippen molar-refractivity contribution in [3.05, 3.63) is 119 Å². The Hall–Kier alpha value is -7.14. The zero-order valence-electron chi connectivity index (χ0n) is 85.0. The van der Waals surface area contributed by atoms with Gasteiger partial charge in [0.05, 0.1) is 70.7 Å². The van der Waals surface area contributed by atoms with E-state index in [9.17, 15) is 0 Å². The zero-order valence-corrected chi connectivity index (χ0v) is 85.0. The Morgan fingerprint density at radius 3 is 1.04 bits per heavy atom. The number of nitrogens with one attached hydrogen (secondary N) is 5. The van der Waals surface area contributed by atoms with Crippen LogP contribution in [0.25, 0.3) is 0 Å². The summed E-state index contributed by atoms with van der Waals surface area (Å²) in [6.45, 7) is 92.9. The van der Waals surface area contributed by atoms with Crippen LogP contribution in [0.5, 0.6) is 11.5 Å². The maximum Gasteiger partial charge on any atom is 0.137 e. The van der Waals surface area contributed by atoms with Crippen molar-refractivity contribution in [2.24, 2.45) is 22.2 Å². The van der Waals surface area contributed by atoms with Crippen molar-refractivity contribution in [2.45, 2.75) is 358 Å². The van der Waals surface area contributed by atoms with Gasteiger partial charge in [-0.15, -0.1) is 0 Å². The van der Waals surface area contributed by atoms with Crippen LogP contribution in [0.2, 0.25) is 0 Å². The van der Waals surface area contributed by atoms with Crippen LogP contribution in [0, 0.1) is 105 Å². The van der Waals surface area contributed by atoms with Crippen molar-refractivity contribution in [3.63, 3.8) is 0 Å². The van der Waals surface area contributed by atoms with Crippen molar-refractivity contribution in [2.75, 3.05) is 92.3 Å². The second-order valence-electron chi connectivity index (χ2n) is 43.2. The van der Waals surface area contributed by atoms with E-state index in [0.717, 1.165) is 98.8 Å². The molecule has 2 aromatic heterocycles. The van der Waals surface area contributed by atoms with Crippen molar-refractivity contribution in [3.8, 4) is 94.4 Å². The molecule has 0 aliphatic carbocycles. The smallest absolute Gasteiger partial charge is 0.137 e. The third kappa shape index (κ3) is 85.0. The Morgan fingerprint density at radius 1 is 0.336 bits per heavy atom. The number of hydrogen-bond donors (Lipinski definition) is 5. The number of aromatic nitrogens is 2. The largest absolute Gasteiger partial charge is 0.492 e. The van der Waals surface area contributed by atoms with Crippen LogP contribution in [-0.2, 0) is 34.5 Å². The topological polar surface area (TPSA) is 151 Å². The Bertz CT molecular complexity index is 3800. The molecule has 4 aromatic rings. The number of ether oxygens (including phenoxy) is 7.